The van der Waals surface area contributed by atoms with Crippen molar-refractivity contribution < 1.29 is 14.3 Å². The minimum atomic E-state index is -0.108. The molecule has 5 nitrogen and oxygen atoms in total. The molecule has 0 radical (unpaired) electrons. The van der Waals surface area contributed by atoms with E-state index in [1.165, 1.54) is 12.8 Å². The van der Waals surface area contributed by atoms with Crippen LogP contribution >= 0.6 is 0 Å². The zero-order valence-electron chi connectivity index (χ0n) is 17.6. The van der Waals surface area contributed by atoms with E-state index in [0.29, 0.717) is 30.6 Å². The van der Waals surface area contributed by atoms with Crippen LogP contribution in [-0.4, -0.2) is 54.9 Å². The Labute approximate surface area is 172 Å². The fourth-order valence-electron chi connectivity index (χ4n) is 4.55. The number of carbonyl (C=O) groups excluding carboxylic acids is 2. The van der Waals surface area contributed by atoms with E-state index in [1.54, 1.807) is 7.11 Å². The maximum Gasteiger partial charge on any atom is 0.254 e. The molecule has 2 unspecified atom stereocenters. The molecule has 2 aromatic rings. The predicted octanol–water partition coefficient (Wildman–Crippen LogP) is 3.96. The molecule has 1 aliphatic carbocycles. The van der Waals surface area contributed by atoms with E-state index in [9.17, 15) is 9.59 Å². The van der Waals surface area contributed by atoms with Gasteiger partial charge in [-0.25, -0.2) is 0 Å². The van der Waals surface area contributed by atoms with Gasteiger partial charge in [0.1, 0.15) is 5.75 Å². The van der Waals surface area contributed by atoms with Crippen LogP contribution in [0.1, 0.15) is 43.0 Å². The zero-order valence-corrected chi connectivity index (χ0v) is 17.6. The van der Waals surface area contributed by atoms with Gasteiger partial charge in [0.25, 0.3) is 5.91 Å². The lowest BCUT2D eigenvalue weighted by Crippen LogP contribution is -2.48. The molecule has 1 heterocycles. The quantitative estimate of drug-likeness (QED) is 0.771. The Morgan fingerprint density at radius 2 is 1.83 bits per heavy atom. The van der Waals surface area contributed by atoms with E-state index in [0.717, 1.165) is 29.4 Å². The fraction of sp³-hybridized carbons (Fsp3) is 0.500. The fourth-order valence-corrected chi connectivity index (χ4v) is 4.55. The molecule has 2 aromatic carbocycles. The van der Waals surface area contributed by atoms with Crippen LogP contribution in [0, 0.1) is 11.8 Å². The van der Waals surface area contributed by atoms with Gasteiger partial charge >= 0.3 is 0 Å². The van der Waals surface area contributed by atoms with Crippen LogP contribution in [0.4, 0.5) is 0 Å². The smallest absolute Gasteiger partial charge is 0.254 e. The lowest BCUT2D eigenvalue weighted by molar-refractivity contribution is -0.137. The Hall–Kier alpha value is -2.56. The first kappa shape index (κ1) is 19.7. The molecule has 0 spiro atoms. The number of methoxy groups -OCH3 is 1. The number of rotatable bonds is 5. The molecule has 154 valence electrons. The van der Waals surface area contributed by atoms with E-state index in [4.69, 9.17) is 4.74 Å². The highest BCUT2D eigenvalue weighted by Crippen LogP contribution is 2.36. The zero-order chi connectivity index (χ0) is 20.5. The number of hydrogen-bond acceptors (Lipinski definition) is 3. The molecule has 1 saturated carbocycles. The van der Waals surface area contributed by atoms with Crippen LogP contribution < -0.4 is 4.74 Å². The van der Waals surface area contributed by atoms with Crippen molar-refractivity contribution in [1.82, 2.24) is 9.80 Å². The maximum atomic E-state index is 13.4. The lowest BCUT2D eigenvalue weighted by atomic mass is 9.94. The number of nitrogens with zero attached hydrogens (tertiary/aromatic N) is 2. The Balaban J connectivity index is 1.53. The molecule has 5 heteroatoms. The third-order valence-corrected chi connectivity index (χ3v) is 6.65. The standard InChI is InChI=1S/C24H30N2O3/c1-16(17-10-11-17)25(2)23(27)18-7-6-14-26(15-18)24(28)21-12-13-22(29-3)20-9-5-4-8-19(20)21/h4-5,8-9,12-13,16-18H,6-7,10-11,14-15H2,1-3H3. The number of amides is 2. The highest BCUT2D eigenvalue weighted by atomic mass is 16.5. The van der Waals surface area contributed by atoms with Crippen molar-refractivity contribution in [1.29, 1.82) is 0 Å². The molecule has 2 amide bonds. The number of ether oxygens (including phenoxy) is 1. The average molecular weight is 395 g/mol. The molecule has 1 saturated heterocycles. The number of fused-ring (bicyclic) bond motifs is 1. The number of carbonyl (C=O) groups is 2. The summed E-state index contributed by atoms with van der Waals surface area (Å²) in [6, 6.07) is 11.8. The molecular formula is C24H30N2O3. The van der Waals surface area contributed by atoms with Gasteiger partial charge < -0.3 is 14.5 Å². The van der Waals surface area contributed by atoms with Crippen LogP contribution in [0.2, 0.25) is 0 Å². The van der Waals surface area contributed by atoms with Crippen LogP contribution in [0.5, 0.6) is 5.75 Å². The molecule has 0 aromatic heterocycles. The highest BCUT2D eigenvalue weighted by Gasteiger charge is 2.36. The second-order valence-corrected chi connectivity index (χ2v) is 8.48. The summed E-state index contributed by atoms with van der Waals surface area (Å²) in [5.74, 6) is 1.49. The summed E-state index contributed by atoms with van der Waals surface area (Å²) in [4.78, 5) is 30.2. The summed E-state index contributed by atoms with van der Waals surface area (Å²) in [5, 5.41) is 1.83. The SMILES string of the molecule is COc1ccc(C(=O)N2CCCC(C(=O)N(C)C(C)C3CC3)C2)c2ccccc12. The van der Waals surface area contributed by atoms with Crippen LogP contribution in [-0.2, 0) is 4.79 Å². The molecule has 0 bridgehead atoms. The van der Waals surface area contributed by atoms with Gasteiger partial charge in [-0.15, -0.1) is 0 Å². The molecule has 29 heavy (non-hydrogen) atoms. The normalized spacial score (nSPS) is 20.4. The van der Waals surface area contributed by atoms with Crippen LogP contribution in [0.3, 0.4) is 0 Å². The summed E-state index contributed by atoms with van der Waals surface area (Å²) < 4.78 is 5.45. The maximum absolute atomic E-state index is 13.4. The second kappa shape index (κ2) is 8.05. The third kappa shape index (κ3) is 3.83. The van der Waals surface area contributed by atoms with Gasteiger partial charge in [-0.05, 0) is 56.0 Å². The highest BCUT2D eigenvalue weighted by molar-refractivity contribution is 6.08. The third-order valence-electron chi connectivity index (χ3n) is 6.65. The summed E-state index contributed by atoms with van der Waals surface area (Å²) in [7, 11) is 3.56. The van der Waals surface area contributed by atoms with Crippen LogP contribution in [0.15, 0.2) is 36.4 Å². The van der Waals surface area contributed by atoms with Gasteiger partial charge in [0.15, 0.2) is 0 Å². The van der Waals surface area contributed by atoms with Gasteiger partial charge in [-0.1, -0.05) is 24.3 Å². The first-order valence-electron chi connectivity index (χ1n) is 10.6. The molecular weight excluding hydrogens is 364 g/mol. The van der Waals surface area contributed by atoms with Crippen molar-refractivity contribution in [3.8, 4) is 5.75 Å². The number of hydrogen-bond donors (Lipinski definition) is 0. The number of likely N-dealkylation sites (tertiary alicyclic amines) is 1. The lowest BCUT2D eigenvalue weighted by Gasteiger charge is -2.36. The minimum Gasteiger partial charge on any atom is -0.496 e. The summed E-state index contributed by atoms with van der Waals surface area (Å²) in [5.41, 5.74) is 0.675. The van der Waals surface area contributed by atoms with E-state index >= 15 is 0 Å². The van der Waals surface area contributed by atoms with Gasteiger partial charge in [-0.3, -0.25) is 9.59 Å². The average Bonchev–Trinajstić information content (AvgIpc) is 3.62. The number of benzene rings is 2. The second-order valence-electron chi connectivity index (χ2n) is 8.48. The monoisotopic (exact) mass is 394 g/mol. The number of piperidine rings is 1. The summed E-state index contributed by atoms with van der Waals surface area (Å²) in [6.07, 6.45) is 4.16. The predicted molar refractivity (Wildman–Crippen MR) is 114 cm³/mol. The van der Waals surface area contributed by atoms with Crippen molar-refractivity contribution >= 4 is 22.6 Å². The molecule has 2 aliphatic rings. The van der Waals surface area contributed by atoms with Gasteiger partial charge in [0.05, 0.1) is 13.0 Å². The molecule has 0 N–H and O–H groups in total. The van der Waals surface area contributed by atoms with Crippen LogP contribution in [0.25, 0.3) is 10.8 Å². The largest absolute Gasteiger partial charge is 0.496 e. The molecule has 2 fully saturated rings. The van der Waals surface area contributed by atoms with Crippen molar-refractivity contribution in [2.45, 2.75) is 38.6 Å². The van der Waals surface area contributed by atoms with E-state index < -0.39 is 0 Å². The van der Waals surface area contributed by atoms with E-state index in [-0.39, 0.29) is 17.7 Å². The first-order chi connectivity index (χ1) is 14.0. The van der Waals surface area contributed by atoms with E-state index in [2.05, 4.69) is 6.92 Å². The van der Waals surface area contributed by atoms with Crippen molar-refractivity contribution in [2.24, 2.45) is 11.8 Å². The molecule has 1 aliphatic heterocycles. The Bertz CT molecular complexity index is 921. The Morgan fingerprint density at radius 1 is 1.10 bits per heavy atom. The van der Waals surface area contributed by atoms with Crippen molar-refractivity contribution in [3.63, 3.8) is 0 Å². The Morgan fingerprint density at radius 3 is 2.52 bits per heavy atom. The Kier molecular flexibility index (Phi) is 5.48. The summed E-state index contributed by atoms with van der Waals surface area (Å²) in [6.45, 7) is 3.34. The van der Waals surface area contributed by atoms with E-state index in [1.807, 2.05) is 53.2 Å². The minimum absolute atomic E-state index is 0.000697. The van der Waals surface area contributed by atoms with Crippen molar-refractivity contribution in [3.05, 3.63) is 42.0 Å². The molecule has 4 rings (SSSR count). The van der Waals surface area contributed by atoms with Gasteiger partial charge in [0, 0.05) is 37.1 Å². The summed E-state index contributed by atoms with van der Waals surface area (Å²) >= 11 is 0. The molecule has 2 atom stereocenters. The topological polar surface area (TPSA) is 49.9 Å². The van der Waals surface area contributed by atoms with Gasteiger partial charge in [0.2, 0.25) is 5.91 Å². The van der Waals surface area contributed by atoms with Gasteiger partial charge in [-0.2, -0.15) is 0 Å². The first-order valence-corrected chi connectivity index (χ1v) is 10.6. The van der Waals surface area contributed by atoms with Crippen molar-refractivity contribution in [2.75, 3.05) is 27.2 Å².